The van der Waals surface area contributed by atoms with Crippen LogP contribution in [0.1, 0.15) is 6.42 Å². The van der Waals surface area contributed by atoms with Crippen LogP contribution in [0.15, 0.2) is 0 Å². The lowest BCUT2D eigenvalue weighted by Crippen LogP contribution is -2.49. The van der Waals surface area contributed by atoms with E-state index in [4.69, 9.17) is 0 Å². The van der Waals surface area contributed by atoms with Crippen molar-refractivity contribution in [2.75, 3.05) is 19.6 Å². The zero-order valence-electron chi connectivity index (χ0n) is 7.47. The fourth-order valence-electron chi connectivity index (χ4n) is 2.18. The quantitative estimate of drug-likeness (QED) is 0.623. The third-order valence-corrected chi connectivity index (χ3v) is 2.76. The Balaban J connectivity index is 2.03. The molecule has 2 heterocycles. The van der Waals surface area contributed by atoms with E-state index in [0.717, 1.165) is 17.9 Å². The number of fused-ring (bicyclic) bond motifs is 2. The number of amides is 1. The molecule has 0 aromatic rings. The number of likely N-dealkylation sites (tertiary alicyclic amines) is 1. The molecule has 2 atom stereocenters. The Morgan fingerprint density at radius 2 is 2.07 bits per heavy atom. The van der Waals surface area contributed by atoms with Crippen molar-refractivity contribution >= 4 is 5.91 Å². The molecule has 6 heteroatoms. The number of rotatable bonds is 0. The van der Waals surface area contributed by atoms with E-state index in [1.807, 2.05) is 0 Å². The number of hydrogen-bond acceptors (Lipinski definition) is 2. The topological polar surface area (TPSA) is 32.3 Å². The molecule has 14 heavy (non-hydrogen) atoms. The van der Waals surface area contributed by atoms with Crippen molar-refractivity contribution in [2.24, 2.45) is 5.92 Å². The number of carbonyl (C=O) groups is 1. The summed E-state index contributed by atoms with van der Waals surface area (Å²) in [5, 5.41) is 3.09. The molecule has 2 fully saturated rings. The maximum atomic E-state index is 12.1. The number of nitrogens with zero attached hydrogens (tertiary/aromatic N) is 1. The molecule has 2 saturated heterocycles. The van der Waals surface area contributed by atoms with E-state index in [-0.39, 0.29) is 25.0 Å². The first-order valence-corrected chi connectivity index (χ1v) is 4.56. The highest BCUT2D eigenvalue weighted by Gasteiger charge is 2.46. The Hall–Kier alpha value is -0.780. The van der Waals surface area contributed by atoms with E-state index in [1.165, 1.54) is 0 Å². The lowest BCUT2D eigenvalue weighted by molar-refractivity contribution is -0.186. The van der Waals surface area contributed by atoms with E-state index < -0.39 is 12.1 Å². The molecular weight excluding hydrogens is 197 g/mol. The maximum absolute atomic E-state index is 12.1. The molecule has 1 amide bonds. The predicted octanol–water partition coefficient (Wildman–Crippen LogP) is 0.369. The number of hydrogen-bond donors (Lipinski definition) is 1. The highest BCUT2D eigenvalue weighted by atomic mass is 19.4. The number of halogens is 3. The SMILES string of the molecule is O=C(N1C[C@@H]2CN[C@@H](C2)C1)C(F)(F)F. The lowest BCUT2D eigenvalue weighted by Gasteiger charge is -2.31. The zero-order valence-corrected chi connectivity index (χ0v) is 7.47. The van der Waals surface area contributed by atoms with Crippen LogP contribution in [0.3, 0.4) is 0 Å². The minimum absolute atomic E-state index is 0.0556. The average Bonchev–Trinajstić information content (AvgIpc) is 2.42. The largest absolute Gasteiger partial charge is 0.471 e. The summed E-state index contributed by atoms with van der Waals surface area (Å²) < 4.78 is 36.3. The van der Waals surface area contributed by atoms with Gasteiger partial charge in [-0.3, -0.25) is 4.79 Å². The molecule has 80 valence electrons. The first kappa shape index (κ1) is 9.76. The van der Waals surface area contributed by atoms with E-state index in [0.29, 0.717) is 0 Å². The summed E-state index contributed by atoms with van der Waals surface area (Å²) in [6.45, 7) is 1.16. The molecule has 3 nitrogen and oxygen atoms in total. The van der Waals surface area contributed by atoms with E-state index in [2.05, 4.69) is 5.32 Å². The van der Waals surface area contributed by atoms with Gasteiger partial charge < -0.3 is 10.2 Å². The summed E-state index contributed by atoms with van der Waals surface area (Å²) >= 11 is 0. The van der Waals surface area contributed by atoms with Gasteiger partial charge in [-0.25, -0.2) is 0 Å². The van der Waals surface area contributed by atoms with Crippen LogP contribution in [-0.4, -0.2) is 42.7 Å². The summed E-state index contributed by atoms with van der Waals surface area (Å²) in [5.74, 6) is -1.50. The third kappa shape index (κ3) is 1.70. The van der Waals surface area contributed by atoms with Crippen molar-refractivity contribution in [1.29, 1.82) is 0 Å². The molecule has 2 aliphatic rings. The minimum atomic E-state index is -4.73. The predicted molar refractivity (Wildman–Crippen MR) is 42.5 cm³/mol. The van der Waals surface area contributed by atoms with Gasteiger partial charge in [0.2, 0.25) is 0 Å². The van der Waals surface area contributed by atoms with Crippen molar-refractivity contribution in [1.82, 2.24) is 10.2 Å². The maximum Gasteiger partial charge on any atom is 0.471 e. The van der Waals surface area contributed by atoms with Crippen LogP contribution in [0.4, 0.5) is 13.2 Å². The van der Waals surface area contributed by atoms with Gasteiger partial charge in [-0.1, -0.05) is 0 Å². The Labute approximate surface area is 79.3 Å². The van der Waals surface area contributed by atoms with Crippen molar-refractivity contribution in [3.8, 4) is 0 Å². The molecule has 2 rings (SSSR count). The van der Waals surface area contributed by atoms with Crippen molar-refractivity contribution in [3.05, 3.63) is 0 Å². The molecule has 0 radical (unpaired) electrons. The van der Waals surface area contributed by atoms with Crippen molar-refractivity contribution < 1.29 is 18.0 Å². The smallest absolute Gasteiger partial charge is 0.333 e. The minimum Gasteiger partial charge on any atom is -0.333 e. The number of alkyl halides is 3. The first-order valence-electron chi connectivity index (χ1n) is 4.56. The van der Waals surface area contributed by atoms with E-state index in [9.17, 15) is 18.0 Å². The molecule has 1 N–H and O–H groups in total. The molecule has 0 aromatic heterocycles. The van der Waals surface area contributed by atoms with Gasteiger partial charge in [0.15, 0.2) is 0 Å². The number of piperidine rings is 1. The molecule has 0 unspecified atom stereocenters. The van der Waals surface area contributed by atoms with Gasteiger partial charge in [0.25, 0.3) is 0 Å². The van der Waals surface area contributed by atoms with Gasteiger partial charge in [0.1, 0.15) is 0 Å². The Kier molecular flexibility index (Phi) is 2.17. The van der Waals surface area contributed by atoms with Gasteiger partial charge in [0.05, 0.1) is 0 Å². The molecule has 2 aliphatic heterocycles. The summed E-state index contributed by atoms with van der Waals surface area (Å²) in [7, 11) is 0. The van der Waals surface area contributed by atoms with Crippen LogP contribution in [0, 0.1) is 5.92 Å². The van der Waals surface area contributed by atoms with Crippen LogP contribution >= 0.6 is 0 Å². The van der Waals surface area contributed by atoms with Gasteiger partial charge in [-0.15, -0.1) is 0 Å². The number of nitrogens with one attached hydrogen (secondary N) is 1. The second-order valence-electron chi connectivity index (χ2n) is 3.91. The molecular formula is C8H11F3N2O. The Morgan fingerprint density at radius 3 is 2.64 bits per heavy atom. The second kappa shape index (κ2) is 3.12. The molecule has 0 saturated carbocycles. The van der Waals surface area contributed by atoms with Gasteiger partial charge >= 0.3 is 12.1 Å². The molecule has 0 aliphatic carbocycles. The lowest BCUT2D eigenvalue weighted by atomic mass is 10.00. The van der Waals surface area contributed by atoms with Crippen LogP contribution in [-0.2, 0) is 4.79 Å². The van der Waals surface area contributed by atoms with E-state index >= 15 is 0 Å². The van der Waals surface area contributed by atoms with Gasteiger partial charge in [-0.05, 0) is 12.3 Å². The monoisotopic (exact) mass is 208 g/mol. The van der Waals surface area contributed by atoms with Crippen molar-refractivity contribution in [2.45, 2.75) is 18.6 Å². The third-order valence-electron chi connectivity index (χ3n) is 2.76. The van der Waals surface area contributed by atoms with Gasteiger partial charge in [0, 0.05) is 25.7 Å². The fraction of sp³-hybridized carbons (Fsp3) is 0.875. The Morgan fingerprint density at radius 1 is 1.36 bits per heavy atom. The first-order chi connectivity index (χ1) is 6.47. The average molecular weight is 208 g/mol. The van der Waals surface area contributed by atoms with Crippen LogP contribution in [0.2, 0.25) is 0 Å². The summed E-state index contributed by atoms with van der Waals surface area (Å²) in [6.07, 6.45) is -3.83. The number of carbonyl (C=O) groups excluding carboxylic acids is 1. The fourth-order valence-corrected chi connectivity index (χ4v) is 2.18. The summed E-state index contributed by atoms with van der Waals surface area (Å²) in [6, 6.07) is 0.0556. The Bertz CT molecular complexity index is 241. The van der Waals surface area contributed by atoms with Crippen LogP contribution in [0.5, 0.6) is 0 Å². The normalized spacial score (nSPS) is 32.1. The van der Waals surface area contributed by atoms with Gasteiger partial charge in [-0.2, -0.15) is 13.2 Å². The molecule has 0 aromatic carbocycles. The van der Waals surface area contributed by atoms with Crippen LogP contribution < -0.4 is 5.32 Å². The highest BCUT2D eigenvalue weighted by molar-refractivity contribution is 5.82. The molecule has 0 spiro atoms. The standard InChI is InChI=1S/C8H11F3N2O/c9-8(10,11)7(14)13-3-5-1-6(4-13)12-2-5/h5-6,12H,1-4H2/t5-,6-/m0/s1. The summed E-state index contributed by atoms with van der Waals surface area (Å²) in [4.78, 5) is 11.8. The van der Waals surface area contributed by atoms with E-state index in [1.54, 1.807) is 0 Å². The second-order valence-corrected chi connectivity index (χ2v) is 3.91. The highest BCUT2D eigenvalue weighted by Crippen LogP contribution is 2.26. The van der Waals surface area contributed by atoms with Crippen molar-refractivity contribution in [3.63, 3.8) is 0 Å². The summed E-state index contributed by atoms with van der Waals surface area (Å²) in [5.41, 5.74) is 0. The molecule has 2 bridgehead atoms. The van der Waals surface area contributed by atoms with Crippen LogP contribution in [0.25, 0.3) is 0 Å². The zero-order chi connectivity index (χ0) is 10.3.